The molecule has 2 unspecified atom stereocenters. The SMILES string of the molecule is Cc1cc(OCC2COC(Cn3ccnc3)(c3ccc(Cl)cc3)O2)c(-c2ccc(C=O)cc2)cc1Cl. The number of carbonyl (C=O) groups excluding carboxylic acids is 1. The number of ether oxygens (including phenoxy) is 3. The molecule has 2 heterocycles. The number of nitrogens with zero attached hydrogens (tertiary/aromatic N) is 2. The predicted molar refractivity (Wildman–Crippen MR) is 139 cm³/mol. The molecule has 0 amide bonds. The van der Waals surface area contributed by atoms with Gasteiger partial charge in [-0.05, 0) is 42.3 Å². The Bertz CT molecular complexity index is 1340. The Kier molecular flexibility index (Phi) is 7.12. The summed E-state index contributed by atoms with van der Waals surface area (Å²) in [5.41, 5.74) is 4.11. The monoisotopic (exact) mass is 522 g/mol. The Balaban J connectivity index is 1.37. The lowest BCUT2D eigenvalue weighted by Gasteiger charge is -2.29. The van der Waals surface area contributed by atoms with Gasteiger partial charge in [-0.25, -0.2) is 4.98 Å². The second kappa shape index (κ2) is 10.4. The van der Waals surface area contributed by atoms with Gasteiger partial charge in [0.1, 0.15) is 24.7 Å². The van der Waals surface area contributed by atoms with Crippen LogP contribution in [0.5, 0.6) is 5.75 Å². The highest BCUT2D eigenvalue weighted by Gasteiger charge is 2.44. The average molecular weight is 523 g/mol. The largest absolute Gasteiger partial charge is 0.490 e. The van der Waals surface area contributed by atoms with Crippen LogP contribution < -0.4 is 4.74 Å². The molecule has 4 aromatic rings. The number of aryl methyl sites for hydroxylation is 1. The second-order valence-corrected chi connectivity index (χ2v) is 9.54. The fourth-order valence-corrected chi connectivity index (χ4v) is 4.51. The number of rotatable bonds is 8. The molecule has 3 aromatic carbocycles. The third-order valence-electron chi connectivity index (χ3n) is 6.14. The number of hydrogen-bond donors (Lipinski definition) is 0. The van der Waals surface area contributed by atoms with Crippen LogP contribution in [0, 0.1) is 6.92 Å². The number of imidazole rings is 1. The number of hydrogen-bond acceptors (Lipinski definition) is 5. The van der Waals surface area contributed by atoms with Gasteiger partial charge >= 0.3 is 0 Å². The summed E-state index contributed by atoms with van der Waals surface area (Å²) in [5.74, 6) is -0.319. The third kappa shape index (κ3) is 5.18. The Hall–Kier alpha value is -3.16. The third-order valence-corrected chi connectivity index (χ3v) is 6.80. The summed E-state index contributed by atoms with van der Waals surface area (Å²) in [6.45, 7) is 2.99. The van der Waals surface area contributed by atoms with Crippen molar-refractivity contribution < 1.29 is 19.0 Å². The van der Waals surface area contributed by atoms with Gasteiger partial charge < -0.3 is 18.8 Å². The molecule has 1 aliphatic rings. The van der Waals surface area contributed by atoms with E-state index in [-0.39, 0.29) is 12.7 Å². The maximum Gasteiger partial charge on any atom is 0.214 e. The smallest absolute Gasteiger partial charge is 0.214 e. The molecule has 8 heteroatoms. The molecule has 1 fully saturated rings. The van der Waals surface area contributed by atoms with E-state index in [0.717, 1.165) is 28.5 Å². The highest BCUT2D eigenvalue weighted by Crippen LogP contribution is 2.38. The number of carbonyl (C=O) groups is 1. The minimum atomic E-state index is -0.997. The Morgan fingerprint density at radius 2 is 1.92 bits per heavy atom. The summed E-state index contributed by atoms with van der Waals surface area (Å²) in [7, 11) is 0. The van der Waals surface area contributed by atoms with Crippen molar-refractivity contribution >= 4 is 29.5 Å². The topological polar surface area (TPSA) is 62.6 Å². The lowest BCUT2D eigenvalue weighted by molar-refractivity contribution is -0.189. The van der Waals surface area contributed by atoms with Gasteiger partial charge in [-0.3, -0.25) is 4.79 Å². The average Bonchev–Trinajstić information content (AvgIpc) is 3.56. The van der Waals surface area contributed by atoms with Crippen LogP contribution in [0.15, 0.2) is 79.4 Å². The molecule has 0 radical (unpaired) electrons. The summed E-state index contributed by atoms with van der Waals surface area (Å²) in [6, 6.07) is 18.5. The number of aldehydes is 1. The van der Waals surface area contributed by atoms with Gasteiger partial charge in [0.2, 0.25) is 5.79 Å². The quantitative estimate of drug-likeness (QED) is 0.253. The molecule has 0 N–H and O–H groups in total. The first kappa shape index (κ1) is 24.5. The van der Waals surface area contributed by atoms with Crippen LogP contribution in [-0.2, 0) is 21.8 Å². The molecule has 0 aliphatic carbocycles. The molecule has 6 nitrogen and oxygen atoms in total. The molecular formula is C28H24Cl2N2O4. The van der Waals surface area contributed by atoms with E-state index in [0.29, 0.717) is 34.5 Å². The first-order chi connectivity index (χ1) is 17.5. The molecule has 2 atom stereocenters. The molecule has 184 valence electrons. The molecule has 1 aliphatic heterocycles. The molecule has 36 heavy (non-hydrogen) atoms. The molecule has 0 spiro atoms. The number of benzene rings is 3. The predicted octanol–water partition coefficient (Wildman–Crippen LogP) is 6.33. The first-order valence-corrected chi connectivity index (χ1v) is 12.2. The van der Waals surface area contributed by atoms with Crippen molar-refractivity contribution in [3.63, 3.8) is 0 Å². The van der Waals surface area contributed by atoms with Gasteiger partial charge in [0, 0.05) is 39.1 Å². The lowest BCUT2D eigenvalue weighted by Crippen LogP contribution is -2.34. The van der Waals surface area contributed by atoms with Crippen molar-refractivity contribution in [3.05, 3.63) is 106 Å². The summed E-state index contributed by atoms with van der Waals surface area (Å²) in [5, 5.41) is 1.28. The van der Waals surface area contributed by atoms with E-state index < -0.39 is 5.79 Å². The highest BCUT2D eigenvalue weighted by atomic mass is 35.5. The molecular weight excluding hydrogens is 499 g/mol. The van der Waals surface area contributed by atoms with Crippen LogP contribution in [0.2, 0.25) is 10.0 Å². The maximum absolute atomic E-state index is 11.1. The molecule has 0 saturated carbocycles. The molecule has 1 aromatic heterocycles. The summed E-state index contributed by atoms with van der Waals surface area (Å²) in [6.07, 6.45) is 5.82. The van der Waals surface area contributed by atoms with E-state index >= 15 is 0 Å². The minimum absolute atomic E-state index is 0.278. The van der Waals surface area contributed by atoms with Crippen LogP contribution in [0.1, 0.15) is 21.5 Å². The van der Waals surface area contributed by atoms with E-state index in [1.807, 2.05) is 66.2 Å². The van der Waals surface area contributed by atoms with Crippen LogP contribution in [0.25, 0.3) is 11.1 Å². The Labute approximate surface area is 219 Å². The van der Waals surface area contributed by atoms with Gasteiger partial charge in [0.15, 0.2) is 0 Å². The van der Waals surface area contributed by atoms with Crippen LogP contribution in [-0.4, -0.2) is 35.2 Å². The lowest BCUT2D eigenvalue weighted by atomic mass is 10.0. The maximum atomic E-state index is 11.1. The van der Waals surface area contributed by atoms with Crippen molar-refractivity contribution in [2.24, 2.45) is 0 Å². The van der Waals surface area contributed by atoms with Gasteiger partial charge in [0.05, 0.1) is 19.5 Å². The minimum Gasteiger partial charge on any atom is -0.490 e. The van der Waals surface area contributed by atoms with Gasteiger partial charge in [-0.15, -0.1) is 0 Å². The van der Waals surface area contributed by atoms with Crippen LogP contribution in [0.3, 0.4) is 0 Å². The zero-order chi connectivity index (χ0) is 25.1. The van der Waals surface area contributed by atoms with E-state index in [1.165, 1.54) is 0 Å². The molecule has 5 rings (SSSR count). The van der Waals surface area contributed by atoms with E-state index in [1.54, 1.807) is 24.7 Å². The van der Waals surface area contributed by atoms with E-state index in [4.69, 9.17) is 37.4 Å². The summed E-state index contributed by atoms with van der Waals surface area (Å²) >= 11 is 12.5. The van der Waals surface area contributed by atoms with Crippen LogP contribution >= 0.6 is 23.2 Å². The van der Waals surface area contributed by atoms with Crippen molar-refractivity contribution in [1.29, 1.82) is 0 Å². The Morgan fingerprint density at radius 3 is 2.61 bits per heavy atom. The van der Waals surface area contributed by atoms with Gasteiger partial charge in [0.25, 0.3) is 0 Å². The normalized spacial score (nSPS) is 19.4. The van der Waals surface area contributed by atoms with Crippen molar-refractivity contribution in [1.82, 2.24) is 9.55 Å². The van der Waals surface area contributed by atoms with Gasteiger partial charge in [-0.1, -0.05) is 59.6 Å². The molecule has 1 saturated heterocycles. The second-order valence-electron chi connectivity index (χ2n) is 8.69. The summed E-state index contributed by atoms with van der Waals surface area (Å²) < 4.78 is 21.0. The zero-order valence-corrected chi connectivity index (χ0v) is 21.1. The van der Waals surface area contributed by atoms with Crippen molar-refractivity contribution in [2.45, 2.75) is 25.4 Å². The van der Waals surface area contributed by atoms with E-state index in [9.17, 15) is 4.79 Å². The van der Waals surface area contributed by atoms with Gasteiger partial charge in [-0.2, -0.15) is 0 Å². The number of aromatic nitrogens is 2. The highest BCUT2D eigenvalue weighted by molar-refractivity contribution is 6.31. The number of halogens is 2. The van der Waals surface area contributed by atoms with Crippen molar-refractivity contribution in [3.8, 4) is 16.9 Å². The standard InChI is InChI=1S/C28H24Cl2N2O4/c1-19-12-27(25(13-26(19)30)21-4-2-20(14-33)3-5-21)34-15-24-16-35-28(36-24,17-32-11-10-31-18-32)22-6-8-23(29)9-7-22/h2-14,18,24H,15-17H2,1H3. The van der Waals surface area contributed by atoms with E-state index in [2.05, 4.69) is 4.98 Å². The fourth-order valence-electron chi connectivity index (χ4n) is 4.22. The first-order valence-electron chi connectivity index (χ1n) is 11.5. The molecule has 0 bridgehead atoms. The Morgan fingerprint density at radius 1 is 1.14 bits per heavy atom. The fraction of sp³-hybridized carbons (Fsp3) is 0.214. The zero-order valence-electron chi connectivity index (χ0n) is 19.6. The van der Waals surface area contributed by atoms with Crippen LogP contribution in [0.4, 0.5) is 0 Å². The van der Waals surface area contributed by atoms with Crippen molar-refractivity contribution in [2.75, 3.05) is 13.2 Å². The summed E-state index contributed by atoms with van der Waals surface area (Å²) in [4.78, 5) is 15.2.